The molecule has 0 atom stereocenters. The van der Waals surface area contributed by atoms with E-state index >= 15 is 0 Å². The predicted octanol–water partition coefficient (Wildman–Crippen LogP) is 3.56. The standard InChI is InChI=1S/C17H12Cl3N5O3/c1-25-17(27)23-16(26)13(24-25)8-4-9(18)14(10(19)5-8)28-11-6-21-15(20)12(22-11)7-2-3-7/h4-7H,2-3H2,1H3,(H,23,26,27). The summed E-state index contributed by atoms with van der Waals surface area (Å²) < 4.78 is 6.73. The molecular weight excluding hydrogens is 429 g/mol. The Balaban J connectivity index is 1.71. The zero-order valence-electron chi connectivity index (χ0n) is 14.4. The molecule has 0 unspecified atom stereocenters. The molecule has 2 heterocycles. The van der Waals surface area contributed by atoms with Crippen LogP contribution in [0, 0.1) is 0 Å². The smallest absolute Gasteiger partial charge is 0.344 e. The van der Waals surface area contributed by atoms with Crippen LogP contribution in [0.15, 0.2) is 27.9 Å². The Kier molecular flexibility index (Phi) is 4.86. The third-order valence-electron chi connectivity index (χ3n) is 4.15. The van der Waals surface area contributed by atoms with Gasteiger partial charge >= 0.3 is 5.69 Å². The first kappa shape index (κ1) is 18.9. The van der Waals surface area contributed by atoms with E-state index in [2.05, 4.69) is 20.1 Å². The van der Waals surface area contributed by atoms with Crippen LogP contribution in [0.1, 0.15) is 24.5 Å². The number of aryl methyl sites for hydroxylation is 1. The van der Waals surface area contributed by atoms with E-state index in [9.17, 15) is 9.59 Å². The van der Waals surface area contributed by atoms with Crippen molar-refractivity contribution in [3.8, 4) is 22.9 Å². The van der Waals surface area contributed by atoms with E-state index < -0.39 is 11.2 Å². The molecule has 1 aromatic carbocycles. The van der Waals surface area contributed by atoms with Gasteiger partial charge in [0.1, 0.15) is 0 Å². The maximum absolute atomic E-state index is 12.1. The molecule has 11 heteroatoms. The lowest BCUT2D eigenvalue weighted by Gasteiger charge is -2.11. The predicted molar refractivity (Wildman–Crippen MR) is 105 cm³/mol. The largest absolute Gasteiger partial charge is 0.434 e. The van der Waals surface area contributed by atoms with Gasteiger partial charge in [0, 0.05) is 18.5 Å². The van der Waals surface area contributed by atoms with Crippen LogP contribution in [-0.2, 0) is 7.05 Å². The highest BCUT2D eigenvalue weighted by atomic mass is 35.5. The highest BCUT2D eigenvalue weighted by Crippen LogP contribution is 2.43. The molecule has 0 radical (unpaired) electrons. The minimum absolute atomic E-state index is 0.000228. The summed E-state index contributed by atoms with van der Waals surface area (Å²) in [6, 6.07) is 2.94. The fourth-order valence-electron chi connectivity index (χ4n) is 2.60. The van der Waals surface area contributed by atoms with Gasteiger partial charge in [-0.1, -0.05) is 34.8 Å². The van der Waals surface area contributed by atoms with Crippen molar-refractivity contribution >= 4 is 34.8 Å². The molecule has 1 saturated carbocycles. The van der Waals surface area contributed by atoms with Gasteiger partial charge in [-0.2, -0.15) is 5.10 Å². The Labute approximate surface area is 173 Å². The Morgan fingerprint density at radius 2 is 1.86 bits per heavy atom. The van der Waals surface area contributed by atoms with Gasteiger partial charge in [0.15, 0.2) is 16.6 Å². The maximum Gasteiger partial charge on any atom is 0.344 e. The van der Waals surface area contributed by atoms with Crippen molar-refractivity contribution in [2.75, 3.05) is 0 Å². The molecule has 1 fully saturated rings. The molecule has 2 aromatic heterocycles. The van der Waals surface area contributed by atoms with Gasteiger partial charge in [-0.3, -0.25) is 9.78 Å². The second-order valence-corrected chi connectivity index (χ2v) is 7.43. The molecule has 144 valence electrons. The van der Waals surface area contributed by atoms with E-state index in [1.165, 1.54) is 25.4 Å². The summed E-state index contributed by atoms with van der Waals surface area (Å²) in [4.78, 5) is 34.2. The summed E-state index contributed by atoms with van der Waals surface area (Å²) in [7, 11) is 1.42. The lowest BCUT2D eigenvalue weighted by Crippen LogP contribution is -2.31. The van der Waals surface area contributed by atoms with Crippen LogP contribution >= 0.6 is 34.8 Å². The molecule has 1 N–H and O–H groups in total. The minimum atomic E-state index is -0.651. The van der Waals surface area contributed by atoms with Crippen molar-refractivity contribution in [3.05, 3.63) is 60.1 Å². The number of nitrogens with one attached hydrogen (secondary N) is 1. The molecule has 0 spiro atoms. The Morgan fingerprint density at radius 1 is 1.18 bits per heavy atom. The minimum Gasteiger partial charge on any atom is -0.434 e. The molecule has 1 aliphatic carbocycles. The summed E-state index contributed by atoms with van der Waals surface area (Å²) in [6.45, 7) is 0. The zero-order chi connectivity index (χ0) is 20.0. The van der Waals surface area contributed by atoms with Crippen molar-refractivity contribution in [3.63, 3.8) is 0 Å². The molecule has 0 bridgehead atoms. The topological polar surface area (TPSA) is 103 Å². The van der Waals surface area contributed by atoms with Gasteiger partial charge in [-0.05, 0) is 25.0 Å². The molecule has 0 amide bonds. The third-order valence-corrected chi connectivity index (χ3v) is 5.00. The van der Waals surface area contributed by atoms with Gasteiger partial charge in [-0.25, -0.2) is 19.4 Å². The number of halogens is 3. The van der Waals surface area contributed by atoms with Crippen molar-refractivity contribution in [1.29, 1.82) is 0 Å². The van der Waals surface area contributed by atoms with Crippen LogP contribution in [0.5, 0.6) is 11.6 Å². The van der Waals surface area contributed by atoms with Crippen LogP contribution in [0.3, 0.4) is 0 Å². The van der Waals surface area contributed by atoms with Crippen LogP contribution in [0.4, 0.5) is 0 Å². The quantitative estimate of drug-likeness (QED) is 0.665. The Hall–Kier alpha value is -2.42. The van der Waals surface area contributed by atoms with Gasteiger partial charge in [-0.15, -0.1) is 0 Å². The highest BCUT2D eigenvalue weighted by Gasteiger charge is 2.29. The number of rotatable bonds is 4. The number of nitrogens with zero attached hydrogens (tertiary/aromatic N) is 4. The van der Waals surface area contributed by atoms with Crippen molar-refractivity contribution < 1.29 is 4.74 Å². The first-order chi connectivity index (χ1) is 13.3. The molecule has 28 heavy (non-hydrogen) atoms. The average molecular weight is 441 g/mol. The van der Waals surface area contributed by atoms with Crippen molar-refractivity contribution in [1.82, 2.24) is 24.7 Å². The fourth-order valence-corrected chi connectivity index (χ4v) is 3.41. The molecule has 4 rings (SSSR count). The molecular formula is C17H12Cl3N5O3. The lowest BCUT2D eigenvalue weighted by atomic mass is 10.1. The number of hydrogen-bond acceptors (Lipinski definition) is 6. The summed E-state index contributed by atoms with van der Waals surface area (Å²) >= 11 is 18.7. The van der Waals surface area contributed by atoms with E-state index in [0.717, 1.165) is 17.5 Å². The van der Waals surface area contributed by atoms with Crippen molar-refractivity contribution in [2.24, 2.45) is 7.05 Å². The lowest BCUT2D eigenvalue weighted by molar-refractivity contribution is 0.458. The number of H-pyrrole nitrogens is 1. The molecule has 3 aromatic rings. The molecule has 0 aliphatic heterocycles. The summed E-state index contributed by atoms with van der Waals surface area (Å²) in [6.07, 6.45) is 3.40. The number of hydrogen-bond donors (Lipinski definition) is 1. The SMILES string of the molecule is Cn1nc(-c2cc(Cl)c(Oc3cnc(Cl)c(C4CC4)n3)c(Cl)c2)c(=O)[nH]c1=O. The summed E-state index contributed by atoms with van der Waals surface area (Å²) in [5, 5.41) is 4.58. The van der Waals surface area contributed by atoms with Gasteiger partial charge in [0.2, 0.25) is 5.88 Å². The second-order valence-electron chi connectivity index (χ2n) is 6.26. The molecule has 8 nitrogen and oxygen atoms in total. The Bertz CT molecular complexity index is 1180. The third kappa shape index (κ3) is 3.63. The highest BCUT2D eigenvalue weighted by molar-refractivity contribution is 6.37. The van der Waals surface area contributed by atoms with E-state index in [1.54, 1.807) is 0 Å². The number of aromatic amines is 1. The van der Waals surface area contributed by atoms with E-state index in [1.807, 2.05) is 0 Å². The summed E-state index contributed by atoms with van der Waals surface area (Å²) in [5.74, 6) is 0.659. The molecule has 0 saturated heterocycles. The van der Waals surface area contributed by atoms with Gasteiger partial charge in [0.25, 0.3) is 5.56 Å². The van der Waals surface area contributed by atoms with E-state index in [-0.39, 0.29) is 27.4 Å². The average Bonchev–Trinajstić information content (AvgIpc) is 3.47. The van der Waals surface area contributed by atoms with Gasteiger partial charge < -0.3 is 4.74 Å². The number of aromatic nitrogens is 5. The van der Waals surface area contributed by atoms with Crippen LogP contribution in [0.25, 0.3) is 11.3 Å². The second kappa shape index (κ2) is 7.20. The van der Waals surface area contributed by atoms with E-state index in [0.29, 0.717) is 22.3 Å². The Morgan fingerprint density at radius 3 is 2.50 bits per heavy atom. The first-order valence-electron chi connectivity index (χ1n) is 8.21. The van der Waals surface area contributed by atoms with Crippen LogP contribution in [-0.4, -0.2) is 24.7 Å². The number of benzene rings is 1. The van der Waals surface area contributed by atoms with Crippen molar-refractivity contribution in [2.45, 2.75) is 18.8 Å². The van der Waals surface area contributed by atoms with E-state index in [4.69, 9.17) is 39.5 Å². The number of ether oxygens (including phenoxy) is 1. The molecule has 1 aliphatic rings. The van der Waals surface area contributed by atoms with Crippen LogP contribution < -0.4 is 16.0 Å². The zero-order valence-corrected chi connectivity index (χ0v) is 16.6. The summed E-state index contributed by atoms with van der Waals surface area (Å²) in [5.41, 5.74) is -0.260. The van der Waals surface area contributed by atoms with Gasteiger partial charge in [0.05, 0.1) is 21.9 Å². The van der Waals surface area contributed by atoms with Crippen LogP contribution in [0.2, 0.25) is 15.2 Å². The first-order valence-corrected chi connectivity index (χ1v) is 9.34. The normalized spacial score (nSPS) is 13.6. The monoisotopic (exact) mass is 439 g/mol. The maximum atomic E-state index is 12.1. The fraction of sp³-hybridized carbons (Fsp3) is 0.235.